The maximum atomic E-state index is 5.79. The molecule has 0 amide bonds. The maximum Gasteiger partial charge on any atom is 0.120 e. The van der Waals surface area contributed by atoms with Crippen molar-refractivity contribution in [3.8, 4) is 16.9 Å². The standard InChI is InChI=1S/C20H20O2/c1-15-17-8-4-5-9-18(17)19-11-10-16(14-20(15)19)22-13-7-3-6-12-21-2/h3-5,7-11,14H,1,6,12-13H2,2H3/b7-3+. The van der Waals surface area contributed by atoms with Gasteiger partial charge in [-0.15, -0.1) is 0 Å². The van der Waals surface area contributed by atoms with Crippen LogP contribution in [0.15, 0.2) is 61.2 Å². The summed E-state index contributed by atoms with van der Waals surface area (Å²) in [6.45, 7) is 5.54. The molecule has 3 rings (SSSR count). The predicted octanol–water partition coefficient (Wildman–Crippen LogP) is 4.70. The van der Waals surface area contributed by atoms with Crippen LogP contribution in [-0.2, 0) is 4.74 Å². The summed E-state index contributed by atoms with van der Waals surface area (Å²) in [6.07, 6.45) is 5.01. The monoisotopic (exact) mass is 292 g/mol. The summed E-state index contributed by atoms with van der Waals surface area (Å²) in [5, 5.41) is 0. The predicted molar refractivity (Wildman–Crippen MR) is 91.1 cm³/mol. The van der Waals surface area contributed by atoms with Gasteiger partial charge in [-0.25, -0.2) is 0 Å². The van der Waals surface area contributed by atoms with Crippen LogP contribution in [0.1, 0.15) is 17.5 Å². The molecule has 2 aromatic rings. The van der Waals surface area contributed by atoms with E-state index in [1.165, 1.54) is 22.3 Å². The fourth-order valence-corrected chi connectivity index (χ4v) is 2.74. The quantitative estimate of drug-likeness (QED) is 0.484. The van der Waals surface area contributed by atoms with Crippen molar-refractivity contribution >= 4 is 5.57 Å². The third kappa shape index (κ3) is 2.83. The van der Waals surface area contributed by atoms with Crippen LogP contribution in [0.5, 0.6) is 5.75 Å². The Morgan fingerprint density at radius 2 is 1.73 bits per heavy atom. The Kier molecular flexibility index (Phi) is 4.40. The second-order valence-electron chi connectivity index (χ2n) is 5.30. The van der Waals surface area contributed by atoms with Gasteiger partial charge in [0.25, 0.3) is 0 Å². The molecule has 0 bridgehead atoms. The first-order chi connectivity index (χ1) is 10.8. The van der Waals surface area contributed by atoms with Crippen LogP contribution in [0.4, 0.5) is 0 Å². The Labute approximate surface area is 131 Å². The first-order valence-corrected chi connectivity index (χ1v) is 7.51. The Balaban J connectivity index is 1.71. The lowest BCUT2D eigenvalue weighted by molar-refractivity contribution is 0.204. The van der Waals surface area contributed by atoms with Gasteiger partial charge in [0.2, 0.25) is 0 Å². The minimum absolute atomic E-state index is 0.571. The van der Waals surface area contributed by atoms with Gasteiger partial charge in [-0.3, -0.25) is 0 Å². The smallest absolute Gasteiger partial charge is 0.120 e. The minimum atomic E-state index is 0.571. The van der Waals surface area contributed by atoms with Crippen molar-refractivity contribution in [1.82, 2.24) is 0 Å². The van der Waals surface area contributed by atoms with Crippen LogP contribution in [0.2, 0.25) is 0 Å². The molecule has 0 aliphatic heterocycles. The van der Waals surface area contributed by atoms with E-state index < -0.39 is 0 Å². The van der Waals surface area contributed by atoms with Crippen LogP contribution in [0, 0.1) is 0 Å². The topological polar surface area (TPSA) is 18.5 Å². The summed E-state index contributed by atoms with van der Waals surface area (Å²) in [5.74, 6) is 0.879. The molecule has 112 valence electrons. The van der Waals surface area contributed by atoms with E-state index in [1.54, 1.807) is 7.11 Å². The zero-order valence-corrected chi connectivity index (χ0v) is 12.8. The number of ether oxygens (including phenoxy) is 2. The molecule has 1 aliphatic rings. The maximum absolute atomic E-state index is 5.79. The van der Waals surface area contributed by atoms with Crippen molar-refractivity contribution in [1.29, 1.82) is 0 Å². The molecule has 1 aliphatic carbocycles. The molecule has 0 N–H and O–H groups in total. The fourth-order valence-electron chi connectivity index (χ4n) is 2.74. The van der Waals surface area contributed by atoms with Crippen LogP contribution in [0.3, 0.4) is 0 Å². The van der Waals surface area contributed by atoms with Crippen molar-refractivity contribution in [2.45, 2.75) is 6.42 Å². The van der Waals surface area contributed by atoms with E-state index in [1.807, 2.05) is 12.1 Å². The minimum Gasteiger partial charge on any atom is -0.490 e. The first-order valence-electron chi connectivity index (χ1n) is 7.51. The molecule has 0 spiro atoms. The summed E-state index contributed by atoms with van der Waals surface area (Å²) in [5.41, 5.74) is 5.96. The lowest BCUT2D eigenvalue weighted by Gasteiger charge is -2.06. The summed E-state index contributed by atoms with van der Waals surface area (Å²) in [6, 6.07) is 14.6. The number of fused-ring (bicyclic) bond motifs is 3. The number of benzene rings is 2. The lowest BCUT2D eigenvalue weighted by atomic mass is 10.1. The summed E-state index contributed by atoms with van der Waals surface area (Å²) < 4.78 is 10.8. The third-order valence-electron chi connectivity index (χ3n) is 3.86. The van der Waals surface area contributed by atoms with Gasteiger partial charge in [0.15, 0.2) is 0 Å². The lowest BCUT2D eigenvalue weighted by Crippen LogP contribution is -1.94. The van der Waals surface area contributed by atoms with Gasteiger partial charge < -0.3 is 9.47 Å². The van der Waals surface area contributed by atoms with Gasteiger partial charge >= 0.3 is 0 Å². The summed E-state index contributed by atoms with van der Waals surface area (Å²) in [4.78, 5) is 0. The second kappa shape index (κ2) is 6.63. The highest BCUT2D eigenvalue weighted by Gasteiger charge is 2.21. The highest BCUT2D eigenvalue weighted by atomic mass is 16.5. The van der Waals surface area contributed by atoms with Crippen LogP contribution in [0.25, 0.3) is 16.7 Å². The van der Waals surface area contributed by atoms with E-state index in [-0.39, 0.29) is 0 Å². The van der Waals surface area contributed by atoms with Gasteiger partial charge in [0, 0.05) is 13.7 Å². The molecule has 0 radical (unpaired) electrons. The Hall–Kier alpha value is -2.32. The molecular weight excluding hydrogens is 272 g/mol. The highest BCUT2D eigenvalue weighted by molar-refractivity contribution is 6.00. The number of methoxy groups -OCH3 is 1. The normalized spacial score (nSPS) is 12.5. The Morgan fingerprint density at radius 3 is 2.55 bits per heavy atom. The average molecular weight is 292 g/mol. The third-order valence-corrected chi connectivity index (χ3v) is 3.86. The first kappa shape index (κ1) is 14.6. The molecule has 2 heteroatoms. The molecule has 0 unspecified atom stereocenters. The average Bonchev–Trinajstić information content (AvgIpc) is 2.84. The SMILES string of the molecule is C=C1c2ccccc2-c2ccc(OC/C=C/CCOC)cc21. The molecule has 2 nitrogen and oxygen atoms in total. The molecule has 0 saturated heterocycles. The van der Waals surface area contributed by atoms with Crippen LogP contribution >= 0.6 is 0 Å². The second-order valence-corrected chi connectivity index (χ2v) is 5.30. The molecular formula is C20H20O2. The molecule has 0 fully saturated rings. The van der Waals surface area contributed by atoms with Crippen molar-refractivity contribution in [2.24, 2.45) is 0 Å². The molecule has 0 heterocycles. The number of hydrogen-bond acceptors (Lipinski definition) is 2. The molecule has 2 aromatic carbocycles. The Bertz CT molecular complexity index is 713. The van der Waals surface area contributed by atoms with Gasteiger partial charge in [-0.05, 0) is 46.4 Å². The fraction of sp³-hybridized carbons (Fsp3) is 0.200. The zero-order chi connectivity index (χ0) is 15.4. The van der Waals surface area contributed by atoms with E-state index in [0.717, 1.165) is 24.4 Å². The molecule has 0 saturated carbocycles. The van der Waals surface area contributed by atoms with E-state index in [9.17, 15) is 0 Å². The molecule has 0 atom stereocenters. The largest absolute Gasteiger partial charge is 0.490 e. The number of rotatable bonds is 6. The van der Waals surface area contributed by atoms with Gasteiger partial charge in [0.05, 0.1) is 0 Å². The summed E-state index contributed by atoms with van der Waals surface area (Å²) in [7, 11) is 1.71. The van der Waals surface area contributed by atoms with E-state index in [0.29, 0.717) is 6.61 Å². The van der Waals surface area contributed by atoms with Gasteiger partial charge in [-0.2, -0.15) is 0 Å². The van der Waals surface area contributed by atoms with Crippen molar-refractivity contribution < 1.29 is 9.47 Å². The molecule has 22 heavy (non-hydrogen) atoms. The van der Waals surface area contributed by atoms with E-state index >= 15 is 0 Å². The van der Waals surface area contributed by atoms with Gasteiger partial charge in [0.1, 0.15) is 12.4 Å². The number of hydrogen-bond donors (Lipinski definition) is 0. The van der Waals surface area contributed by atoms with Crippen molar-refractivity contribution in [3.63, 3.8) is 0 Å². The zero-order valence-electron chi connectivity index (χ0n) is 12.8. The van der Waals surface area contributed by atoms with Crippen molar-refractivity contribution in [3.05, 3.63) is 72.3 Å². The van der Waals surface area contributed by atoms with E-state index in [2.05, 4.69) is 49.1 Å². The molecule has 0 aromatic heterocycles. The van der Waals surface area contributed by atoms with Crippen LogP contribution < -0.4 is 4.74 Å². The van der Waals surface area contributed by atoms with E-state index in [4.69, 9.17) is 9.47 Å². The highest BCUT2D eigenvalue weighted by Crippen LogP contribution is 2.44. The van der Waals surface area contributed by atoms with Crippen molar-refractivity contribution in [2.75, 3.05) is 20.3 Å². The van der Waals surface area contributed by atoms with Gasteiger partial charge in [-0.1, -0.05) is 49.1 Å². The van der Waals surface area contributed by atoms with Crippen LogP contribution in [-0.4, -0.2) is 20.3 Å². The Morgan fingerprint density at radius 1 is 0.955 bits per heavy atom. The summed E-state index contributed by atoms with van der Waals surface area (Å²) >= 11 is 0.